The number of benzene rings is 3. The quantitative estimate of drug-likeness (QED) is 0.162. The van der Waals surface area contributed by atoms with Gasteiger partial charge < -0.3 is 4.74 Å². The monoisotopic (exact) mass is 605 g/mol. The number of unbranched alkanes of at least 4 members (excludes halogenated alkanes) is 2. The number of ether oxygens (including phenoxy) is 1. The minimum Gasteiger partial charge on any atom is -0.465 e. The van der Waals surface area contributed by atoms with Gasteiger partial charge >= 0.3 is 12.0 Å². The van der Waals surface area contributed by atoms with Gasteiger partial charge in [0.05, 0.1) is 29.3 Å². The predicted octanol–water partition coefficient (Wildman–Crippen LogP) is 5.41. The minimum absolute atomic E-state index is 0.0753. The van der Waals surface area contributed by atoms with Crippen LogP contribution in [0.1, 0.15) is 36.1 Å². The number of carbonyl (C=O) groups excluding carboxylic acids is 2. The fourth-order valence-corrected chi connectivity index (χ4v) is 5.16. The number of hydrogen-bond acceptors (Lipinski definition) is 7. The summed E-state index contributed by atoms with van der Waals surface area (Å²) < 4.78 is 33.9. The number of nitrogens with zero attached hydrogens (tertiary/aromatic N) is 3. The Morgan fingerprint density at radius 3 is 2.26 bits per heavy atom. The van der Waals surface area contributed by atoms with E-state index in [9.17, 15) is 23.3 Å². The fourth-order valence-electron chi connectivity index (χ4n) is 4.13. The standard InChI is InChI=1S/C30H28ClN5O5S/c31-23-15-17-25(18-16-23)42(39,40)35-30(38)33-29-26(21-32)27(34-36(29)24-13-7-2-8-14-24)20-28(37)41-19-9-3-6-12-22-10-4-1-5-11-22/h1-2,4-5,7-8,10-11,13-18H,3,6,9,12,19-20H2,(H2,33,35,38). The Kier molecular flexibility index (Phi) is 10.3. The minimum atomic E-state index is -4.25. The van der Waals surface area contributed by atoms with Crippen LogP contribution < -0.4 is 10.0 Å². The maximum Gasteiger partial charge on any atom is 0.334 e. The number of sulfonamides is 1. The van der Waals surface area contributed by atoms with Gasteiger partial charge in [-0.15, -0.1) is 0 Å². The normalized spacial score (nSPS) is 11.0. The third-order valence-electron chi connectivity index (χ3n) is 6.18. The van der Waals surface area contributed by atoms with Gasteiger partial charge in [-0.2, -0.15) is 10.4 Å². The second kappa shape index (κ2) is 14.3. The molecule has 0 aliphatic heterocycles. The predicted molar refractivity (Wildman–Crippen MR) is 158 cm³/mol. The number of anilines is 1. The molecule has 4 rings (SSSR count). The number of halogens is 1. The van der Waals surface area contributed by atoms with Crippen molar-refractivity contribution in [2.24, 2.45) is 0 Å². The van der Waals surface area contributed by atoms with E-state index in [0.717, 1.165) is 19.3 Å². The van der Waals surface area contributed by atoms with Gasteiger partial charge in [-0.25, -0.2) is 22.6 Å². The number of aromatic nitrogens is 2. The highest BCUT2D eigenvalue weighted by Crippen LogP contribution is 2.24. The summed E-state index contributed by atoms with van der Waals surface area (Å²) in [6.07, 6.45) is 3.17. The third kappa shape index (κ3) is 8.19. The van der Waals surface area contributed by atoms with Gasteiger partial charge in [0, 0.05) is 5.02 Å². The molecule has 4 aromatic rings. The molecule has 2 N–H and O–H groups in total. The molecule has 10 nitrogen and oxygen atoms in total. The van der Waals surface area contributed by atoms with Gasteiger partial charge in [-0.3, -0.25) is 10.1 Å². The number of urea groups is 1. The fraction of sp³-hybridized carbons (Fsp3) is 0.200. The van der Waals surface area contributed by atoms with Gasteiger partial charge in [-0.05, 0) is 67.6 Å². The number of rotatable bonds is 12. The van der Waals surface area contributed by atoms with Crippen molar-refractivity contribution in [1.29, 1.82) is 5.26 Å². The van der Waals surface area contributed by atoms with Crippen LogP contribution in [0.3, 0.4) is 0 Å². The number of nitrogens with one attached hydrogen (secondary N) is 2. The van der Waals surface area contributed by atoms with Gasteiger partial charge in [-0.1, -0.05) is 60.1 Å². The van der Waals surface area contributed by atoms with Crippen molar-refractivity contribution in [3.8, 4) is 11.8 Å². The van der Waals surface area contributed by atoms with Gasteiger partial charge in [0.15, 0.2) is 5.82 Å². The molecule has 1 heterocycles. The second-order valence-corrected chi connectivity index (χ2v) is 11.4. The topological polar surface area (TPSA) is 143 Å². The molecule has 0 bridgehead atoms. The van der Waals surface area contributed by atoms with Crippen LogP contribution in [0, 0.1) is 11.3 Å². The van der Waals surface area contributed by atoms with Crippen LogP contribution in [0.25, 0.3) is 5.69 Å². The smallest absolute Gasteiger partial charge is 0.334 e. The Labute approximate surface area is 248 Å². The molecule has 0 radical (unpaired) electrons. The molecule has 42 heavy (non-hydrogen) atoms. The zero-order valence-electron chi connectivity index (χ0n) is 22.5. The zero-order valence-corrected chi connectivity index (χ0v) is 24.1. The molecule has 216 valence electrons. The number of aryl methyl sites for hydroxylation is 1. The largest absolute Gasteiger partial charge is 0.465 e. The summed E-state index contributed by atoms with van der Waals surface area (Å²) in [5.74, 6) is -0.676. The van der Waals surface area contributed by atoms with Crippen molar-refractivity contribution in [1.82, 2.24) is 14.5 Å². The number of amides is 2. The molecular weight excluding hydrogens is 578 g/mol. The van der Waals surface area contributed by atoms with Crippen LogP contribution in [0.2, 0.25) is 5.02 Å². The van der Waals surface area contributed by atoms with Gasteiger partial charge in [0.25, 0.3) is 10.0 Å². The summed E-state index contributed by atoms with van der Waals surface area (Å²) in [5, 5.41) is 17.1. The van der Waals surface area contributed by atoms with E-state index in [1.807, 2.05) is 29.0 Å². The van der Waals surface area contributed by atoms with E-state index < -0.39 is 22.0 Å². The highest BCUT2D eigenvalue weighted by atomic mass is 35.5. The summed E-state index contributed by atoms with van der Waals surface area (Å²) in [5.41, 5.74) is 1.71. The van der Waals surface area contributed by atoms with Crippen molar-refractivity contribution < 1.29 is 22.7 Å². The van der Waals surface area contributed by atoms with Crippen LogP contribution in [-0.4, -0.2) is 36.8 Å². The Morgan fingerprint density at radius 1 is 0.929 bits per heavy atom. The first-order valence-corrected chi connectivity index (χ1v) is 15.0. The molecule has 0 aliphatic rings. The molecule has 0 atom stereocenters. The maximum absolute atomic E-state index is 12.8. The summed E-state index contributed by atoms with van der Waals surface area (Å²) in [6.45, 7) is 0.227. The summed E-state index contributed by atoms with van der Waals surface area (Å²) in [7, 11) is -4.25. The van der Waals surface area contributed by atoms with E-state index in [1.54, 1.807) is 30.3 Å². The SMILES string of the molecule is N#Cc1c(CC(=O)OCCCCCc2ccccc2)nn(-c2ccccc2)c1NC(=O)NS(=O)(=O)c1ccc(Cl)cc1. The molecular formula is C30H28ClN5O5S. The average molecular weight is 606 g/mol. The van der Waals surface area contributed by atoms with E-state index in [4.69, 9.17) is 16.3 Å². The Bertz CT molecular complexity index is 1670. The highest BCUT2D eigenvalue weighted by molar-refractivity contribution is 7.90. The molecule has 0 saturated heterocycles. The summed E-state index contributed by atoms with van der Waals surface area (Å²) in [6, 6.07) is 24.8. The molecule has 0 aliphatic carbocycles. The Morgan fingerprint density at radius 2 is 1.60 bits per heavy atom. The molecule has 0 unspecified atom stereocenters. The lowest BCUT2D eigenvalue weighted by Gasteiger charge is -2.11. The molecule has 1 aromatic heterocycles. The van der Waals surface area contributed by atoms with E-state index in [-0.39, 0.29) is 35.0 Å². The number of esters is 1. The molecule has 12 heteroatoms. The number of nitriles is 1. The van der Waals surface area contributed by atoms with Crippen molar-refractivity contribution in [3.05, 3.63) is 107 Å². The first kappa shape index (κ1) is 30.3. The third-order valence-corrected chi connectivity index (χ3v) is 7.78. The van der Waals surface area contributed by atoms with Crippen molar-refractivity contribution in [3.63, 3.8) is 0 Å². The van der Waals surface area contributed by atoms with E-state index in [1.165, 1.54) is 34.5 Å². The summed E-state index contributed by atoms with van der Waals surface area (Å²) >= 11 is 5.82. The van der Waals surface area contributed by atoms with E-state index in [2.05, 4.69) is 22.5 Å². The molecule has 0 fully saturated rings. The van der Waals surface area contributed by atoms with Gasteiger partial charge in [0.2, 0.25) is 0 Å². The second-order valence-electron chi connectivity index (χ2n) is 9.24. The molecule has 2 amide bonds. The van der Waals surface area contributed by atoms with Crippen molar-refractivity contribution in [2.45, 2.75) is 37.0 Å². The maximum atomic E-state index is 12.8. The molecule has 0 spiro atoms. The number of para-hydroxylation sites is 1. The lowest BCUT2D eigenvalue weighted by atomic mass is 10.1. The van der Waals surface area contributed by atoms with Crippen molar-refractivity contribution in [2.75, 3.05) is 11.9 Å². The van der Waals surface area contributed by atoms with Crippen LogP contribution in [0.5, 0.6) is 0 Å². The van der Waals surface area contributed by atoms with Crippen LogP contribution in [0.15, 0.2) is 89.8 Å². The zero-order chi connectivity index (χ0) is 30.0. The number of hydrogen-bond donors (Lipinski definition) is 2. The highest BCUT2D eigenvalue weighted by Gasteiger charge is 2.25. The molecule has 3 aromatic carbocycles. The molecule has 0 saturated carbocycles. The average Bonchev–Trinajstić information content (AvgIpc) is 3.31. The van der Waals surface area contributed by atoms with E-state index in [0.29, 0.717) is 17.1 Å². The Hall–Kier alpha value is -4.66. The lowest BCUT2D eigenvalue weighted by molar-refractivity contribution is -0.143. The van der Waals surface area contributed by atoms with Gasteiger partial charge in [0.1, 0.15) is 11.6 Å². The van der Waals surface area contributed by atoms with E-state index >= 15 is 0 Å². The summed E-state index contributed by atoms with van der Waals surface area (Å²) in [4.78, 5) is 25.2. The van der Waals surface area contributed by atoms with Crippen molar-refractivity contribution >= 4 is 39.4 Å². The van der Waals surface area contributed by atoms with Crippen LogP contribution in [0.4, 0.5) is 10.6 Å². The first-order chi connectivity index (χ1) is 20.3. The van der Waals surface area contributed by atoms with Crippen LogP contribution >= 0.6 is 11.6 Å². The lowest BCUT2D eigenvalue weighted by Crippen LogP contribution is -2.35. The Balaban J connectivity index is 1.43. The number of carbonyl (C=O) groups is 2. The first-order valence-electron chi connectivity index (χ1n) is 13.1. The van der Waals surface area contributed by atoms with Crippen LogP contribution in [-0.2, 0) is 32.4 Å².